The first-order valence-corrected chi connectivity index (χ1v) is 11.9. The maximum Gasteiger partial charge on any atom is 0.306 e. The number of nitrogens with zero attached hydrogens (tertiary/aromatic N) is 1. The first kappa shape index (κ1) is 20.3. The summed E-state index contributed by atoms with van der Waals surface area (Å²) in [4.78, 5) is 24.4. The Morgan fingerprint density at radius 3 is 2.62 bits per heavy atom. The number of fused-ring (bicyclic) bond motifs is 2. The summed E-state index contributed by atoms with van der Waals surface area (Å²) in [6.07, 6.45) is 6.94. The van der Waals surface area contributed by atoms with Crippen molar-refractivity contribution in [3.63, 3.8) is 0 Å². The molecule has 0 unspecified atom stereocenters. The van der Waals surface area contributed by atoms with Crippen molar-refractivity contribution in [1.29, 1.82) is 0 Å². The number of anilines is 1. The predicted octanol–water partition coefficient (Wildman–Crippen LogP) is 2.78. The topological polar surface area (TPSA) is 92.8 Å². The molecule has 1 aliphatic heterocycles. The van der Waals surface area contributed by atoms with Gasteiger partial charge in [-0.1, -0.05) is 12.5 Å². The second kappa shape index (κ2) is 8.44. The number of hydrogen-bond acceptors (Lipinski definition) is 5. The van der Waals surface area contributed by atoms with Crippen LogP contribution in [0.15, 0.2) is 29.2 Å². The summed E-state index contributed by atoms with van der Waals surface area (Å²) in [5.74, 6) is 1.01. The number of carbonyl (C=O) groups excluding carboxylic acids is 2. The van der Waals surface area contributed by atoms with Crippen LogP contribution in [0.5, 0.6) is 0 Å². The van der Waals surface area contributed by atoms with Gasteiger partial charge in [0.1, 0.15) is 0 Å². The van der Waals surface area contributed by atoms with E-state index in [9.17, 15) is 18.0 Å². The van der Waals surface area contributed by atoms with E-state index in [1.165, 1.54) is 35.7 Å². The molecule has 3 aliphatic rings. The molecule has 0 spiro atoms. The zero-order valence-corrected chi connectivity index (χ0v) is 17.3. The largest absolute Gasteiger partial charge is 0.456 e. The summed E-state index contributed by atoms with van der Waals surface area (Å²) in [7, 11) is -3.54. The Bertz CT molecular complexity index is 879. The van der Waals surface area contributed by atoms with Gasteiger partial charge in [0.15, 0.2) is 6.61 Å². The molecule has 1 saturated heterocycles. The second-order valence-electron chi connectivity index (χ2n) is 8.49. The van der Waals surface area contributed by atoms with Crippen molar-refractivity contribution in [2.75, 3.05) is 25.0 Å². The SMILES string of the molecule is O=C(COC(=O)C[C@@H]1C[C@H]2CC[C@@H]1C2)Nc1cccc(S(=O)(=O)N2CCCC2)c1. The summed E-state index contributed by atoms with van der Waals surface area (Å²) >= 11 is 0. The molecular formula is C21H28N2O5S. The van der Waals surface area contributed by atoms with Crippen molar-refractivity contribution in [2.24, 2.45) is 17.8 Å². The van der Waals surface area contributed by atoms with Gasteiger partial charge in [-0.05, 0) is 68.1 Å². The minimum atomic E-state index is -3.54. The molecule has 3 atom stereocenters. The number of carbonyl (C=O) groups is 2. The molecule has 29 heavy (non-hydrogen) atoms. The van der Waals surface area contributed by atoms with Gasteiger partial charge in [-0.25, -0.2) is 8.42 Å². The van der Waals surface area contributed by atoms with E-state index in [1.807, 2.05) is 0 Å². The zero-order valence-electron chi connectivity index (χ0n) is 16.5. The molecule has 7 nitrogen and oxygen atoms in total. The van der Waals surface area contributed by atoms with Crippen LogP contribution in [0, 0.1) is 17.8 Å². The molecule has 2 aliphatic carbocycles. The Morgan fingerprint density at radius 2 is 1.93 bits per heavy atom. The molecule has 1 aromatic rings. The maximum absolute atomic E-state index is 12.7. The van der Waals surface area contributed by atoms with E-state index >= 15 is 0 Å². The highest BCUT2D eigenvalue weighted by Gasteiger charge is 2.40. The fourth-order valence-corrected chi connectivity index (χ4v) is 6.62. The molecule has 2 bridgehead atoms. The van der Waals surface area contributed by atoms with E-state index in [-0.39, 0.29) is 17.5 Å². The molecule has 1 N–H and O–H groups in total. The van der Waals surface area contributed by atoms with Gasteiger partial charge in [-0.3, -0.25) is 9.59 Å². The molecule has 3 fully saturated rings. The summed E-state index contributed by atoms with van der Waals surface area (Å²) in [5.41, 5.74) is 0.374. The van der Waals surface area contributed by atoms with Crippen LogP contribution in [0.3, 0.4) is 0 Å². The highest BCUT2D eigenvalue weighted by molar-refractivity contribution is 7.89. The Kier molecular flexibility index (Phi) is 5.92. The van der Waals surface area contributed by atoms with E-state index in [0.29, 0.717) is 37.0 Å². The van der Waals surface area contributed by atoms with E-state index < -0.39 is 15.9 Å². The molecule has 1 amide bonds. The summed E-state index contributed by atoms with van der Waals surface area (Å²) in [6, 6.07) is 6.19. The molecule has 8 heteroatoms. The second-order valence-corrected chi connectivity index (χ2v) is 10.4. The zero-order chi connectivity index (χ0) is 20.4. The van der Waals surface area contributed by atoms with Crippen LogP contribution in [-0.4, -0.2) is 44.3 Å². The average Bonchev–Trinajstić information content (AvgIpc) is 3.45. The van der Waals surface area contributed by atoms with Gasteiger partial charge in [-0.15, -0.1) is 0 Å². The summed E-state index contributed by atoms with van der Waals surface area (Å²) < 4.78 is 31.9. The van der Waals surface area contributed by atoms with Crippen LogP contribution in [0.2, 0.25) is 0 Å². The smallest absolute Gasteiger partial charge is 0.306 e. The van der Waals surface area contributed by atoms with Gasteiger partial charge >= 0.3 is 5.97 Å². The van der Waals surface area contributed by atoms with Gasteiger partial charge in [-0.2, -0.15) is 4.31 Å². The number of amides is 1. The number of hydrogen-bond donors (Lipinski definition) is 1. The Labute approximate surface area is 171 Å². The molecule has 0 radical (unpaired) electrons. The van der Waals surface area contributed by atoms with Crippen LogP contribution in [0.1, 0.15) is 44.9 Å². The number of sulfonamides is 1. The lowest BCUT2D eigenvalue weighted by Gasteiger charge is -2.20. The molecule has 1 aromatic carbocycles. The van der Waals surface area contributed by atoms with E-state index in [4.69, 9.17) is 4.74 Å². The minimum Gasteiger partial charge on any atom is -0.456 e. The molecule has 1 heterocycles. The molecule has 2 saturated carbocycles. The normalized spacial score (nSPS) is 26.6. The Hall–Kier alpha value is -1.93. The lowest BCUT2D eigenvalue weighted by atomic mass is 9.86. The highest BCUT2D eigenvalue weighted by Crippen LogP contribution is 2.49. The lowest BCUT2D eigenvalue weighted by molar-refractivity contribution is -0.148. The quantitative estimate of drug-likeness (QED) is 0.685. The van der Waals surface area contributed by atoms with Gasteiger partial charge in [0, 0.05) is 25.2 Å². The van der Waals surface area contributed by atoms with Gasteiger partial charge in [0.2, 0.25) is 10.0 Å². The third-order valence-corrected chi connectivity index (χ3v) is 8.39. The molecule has 158 valence electrons. The highest BCUT2D eigenvalue weighted by atomic mass is 32.2. The Balaban J connectivity index is 1.28. The first-order valence-electron chi connectivity index (χ1n) is 10.5. The standard InChI is InChI=1S/C21H28N2O5S/c24-20(14-28-21(25)12-17-11-15-6-7-16(17)10-15)22-18-4-3-5-19(13-18)29(26,27)23-8-1-2-9-23/h3-5,13,15-17H,1-2,6-12,14H2,(H,22,24)/t15-,16+,17-/m0/s1. The van der Waals surface area contributed by atoms with E-state index in [2.05, 4.69) is 5.32 Å². The van der Waals surface area contributed by atoms with Crippen molar-refractivity contribution < 1.29 is 22.7 Å². The Morgan fingerprint density at radius 1 is 1.14 bits per heavy atom. The van der Waals surface area contributed by atoms with E-state index in [0.717, 1.165) is 25.2 Å². The van der Waals surface area contributed by atoms with Gasteiger partial charge in [0.25, 0.3) is 5.91 Å². The number of nitrogens with one attached hydrogen (secondary N) is 1. The van der Waals surface area contributed by atoms with Crippen molar-refractivity contribution in [2.45, 2.75) is 49.8 Å². The van der Waals surface area contributed by atoms with Gasteiger partial charge < -0.3 is 10.1 Å². The van der Waals surface area contributed by atoms with Crippen LogP contribution in [0.25, 0.3) is 0 Å². The third-order valence-electron chi connectivity index (χ3n) is 6.50. The fraction of sp³-hybridized carbons (Fsp3) is 0.619. The molecule has 4 rings (SSSR count). The number of ether oxygens (including phenoxy) is 1. The average molecular weight is 421 g/mol. The lowest BCUT2D eigenvalue weighted by Crippen LogP contribution is -2.28. The number of benzene rings is 1. The predicted molar refractivity (Wildman–Crippen MR) is 108 cm³/mol. The first-order chi connectivity index (χ1) is 13.9. The van der Waals surface area contributed by atoms with E-state index in [1.54, 1.807) is 12.1 Å². The van der Waals surface area contributed by atoms with Crippen LogP contribution >= 0.6 is 0 Å². The van der Waals surface area contributed by atoms with Crippen LogP contribution in [0.4, 0.5) is 5.69 Å². The molecule has 0 aromatic heterocycles. The van der Waals surface area contributed by atoms with Crippen molar-refractivity contribution in [3.8, 4) is 0 Å². The summed E-state index contributed by atoms with van der Waals surface area (Å²) in [5, 5.41) is 2.62. The number of esters is 1. The minimum absolute atomic E-state index is 0.158. The number of rotatable bonds is 7. The summed E-state index contributed by atoms with van der Waals surface area (Å²) in [6.45, 7) is 0.692. The monoisotopic (exact) mass is 420 g/mol. The fourth-order valence-electron chi connectivity index (χ4n) is 5.05. The van der Waals surface area contributed by atoms with Crippen molar-refractivity contribution in [1.82, 2.24) is 4.31 Å². The molecular weight excluding hydrogens is 392 g/mol. The maximum atomic E-state index is 12.7. The van der Waals surface area contributed by atoms with Crippen molar-refractivity contribution in [3.05, 3.63) is 24.3 Å². The third kappa shape index (κ3) is 4.64. The van der Waals surface area contributed by atoms with Crippen molar-refractivity contribution >= 4 is 27.6 Å². The van der Waals surface area contributed by atoms with Gasteiger partial charge in [0.05, 0.1) is 4.90 Å². The van der Waals surface area contributed by atoms with Crippen LogP contribution in [-0.2, 0) is 24.3 Å². The van der Waals surface area contributed by atoms with Crippen LogP contribution < -0.4 is 5.32 Å².